The lowest BCUT2D eigenvalue weighted by atomic mass is 9.98. The normalized spacial score (nSPS) is 15.6. The molecule has 38 nitrogen and oxygen atoms in total. The summed E-state index contributed by atoms with van der Waals surface area (Å²) in [6, 6.07) is -19.9. The van der Waals surface area contributed by atoms with Gasteiger partial charge >= 0.3 is 11.9 Å². The number of H-pyrrole nitrogens is 1. The van der Waals surface area contributed by atoms with Crippen LogP contribution in [0, 0.1) is 11.8 Å². The molecule has 0 unspecified atom stereocenters. The van der Waals surface area contributed by atoms with Gasteiger partial charge in [0, 0.05) is 54.3 Å². The zero-order valence-corrected chi connectivity index (χ0v) is 67.1. The van der Waals surface area contributed by atoms with Crippen molar-refractivity contribution in [3.8, 4) is 0 Å². The first-order chi connectivity index (χ1) is 51.0. The number of aliphatic hydroxyl groups is 1. The predicted octanol–water partition coefficient (Wildman–Crippen LogP) is -5.57. The number of imidazole rings is 1. The first kappa shape index (κ1) is 98.5. The molecule has 0 radical (unpaired) electrons. The fourth-order valence-corrected chi connectivity index (χ4v) is 12.0. The monoisotopic (exact) mass is 1640 g/mol. The van der Waals surface area contributed by atoms with Crippen LogP contribution in [0.15, 0.2) is 17.5 Å². The molecule has 0 spiro atoms. The molecule has 16 atom stereocenters. The highest BCUT2D eigenvalue weighted by Crippen LogP contribution is 2.14. The molecule has 13 amide bonds. The number of nitrogens with two attached hydrogens (primary N) is 4. The molecule has 1 aromatic rings. The second-order valence-corrected chi connectivity index (χ2v) is 29.2. The summed E-state index contributed by atoms with van der Waals surface area (Å²) in [5.74, 6) is -16.5. The molecule has 1 heterocycles. The van der Waals surface area contributed by atoms with Crippen molar-refractivity contribution >= 4 is 169 Å². The number of carboxylic acid groups (broad SMARTS) is 2. The zero-order chi connectivity index (χ0) is 81.9. The molecule has 44 heteroatoms. The lowest BCUT2D eigenvalue weighted by molar-refractivity contribution is -0.144. The number of aromatic nitrogens is 2. The van der Waals surface area contributed by atoms with E-state index in [1.54, 1.807) is 40.2 Å². The van der Waals surface area contributed by atoms with Gasteiger partial charge in [0.05, 0.1) is 18.5 Å². The summed E-state index contributed by atoms with van der Waals surface area (Å²) >= 11 is 19.7. The number of carbonyl (C=O) groups is 15. The van der Waals surface area contributed by atoms with Gasteiger partial charge in [0.2, 0.25) is 76.8 Å². The van der Waals surface area contributed by atoms with Gasteiger partial charge in [0.1, 0.15) is 78.5 Å². The maximum Gasteiger partial charge on any atom is 0.326 e. The number of amides is 13. The van der Waals surface area contributed by atoms with Crippen molar-refractivity contribution in [2.24, 2.45) is 39.8 Å². The van der Waals surface area contributed by atoms with Crippen molar-refractivity contribution < 1.29 is 87.2 Å². The smallest absolute Gasteiger partial charge is 0.326 e. The van der Waals surface area contributed by atoms with Crippen LogP contribution in [0.5, 0.6) is 0 Å². The number of carbonyl (C=O) groups excluding carboxylic acids is 13. The molecule has 0 fully saturated rings. The number of thioether (sulfide) groups is 2. The number of aliphatic carboxylic acids is 2. The zero-order valence-electron chi connectivity index (χ0n) is 61.9. The van der Waals surface area contributed by atoms with Crippen LogP contribution in [0.2, 0.25) is 0 Å². The van der Waals surface area contributed by atoms with Crippen LogP contribution in [-0.4, -0.2) is 271 Å². The van der Waals surface area contributed by atoms with Crippen LogP contribution in [0.25, 0.3) is 0 Å². The standard InChI is InChI=1S/C64H112N20O18S6/c1-9-32(4)48(63(101)102)83-56(94)38(14-12-20-70-64(67)68)73-50(88)33(5)72-52(90)39(15-16-47(86)87)75-59(97)43(26-103)79-53(91)37(13-10-11-19-65)74-58(96)45(28-105)82-61(99)46(29-106)80-55(93)40(17-21-107-7)76-60(98)44(27-104)81-57(95)42(23-31(2)3)78-54(92)41(18-22-108-8)77-62(100)49(34(6)85)84-51(89)36(66)24-35-25-69-30-71-35/h25,30-34,36-46,48-49,85,103-106H,9-24,26-29,65-66H2,1-8H3,(H,69,71)(H,72,90)(H,73,88)(H,74,96)(H,75,97)(H,76,98)(H,77,100)(H,78,92)(H,79,91)(H,80,93)(H,81,95)(H,82,99)(H,83,94)(H,84,89)(H,86,87)(H,101,102)(H4,67,68,70)/t32-,33-,34+,36-,37-,38-,39-,40-,41-,42-,43-,44-,45-,46-,48-,49-/m0/s1. The number of hydrogen-bond acceptors (Lipinski definition) is 26. The van der Waals surface area contributed by atoms with Crippen molar-refractivity contribution in [3.63, 3.8) is 0 Å². The maximum absolute atomic E-state index is 14.1. The van der Waals surface area contributed by atoms with E-state index in [0.29, 0.717) is 30.0 Å². The topological polar surface area (TPSA) is 618 Å². The first-order valence-corrected chi connectivity index (χ1v) is 40.3. The fraction of sp³-hybridized carbons (Fsp3) is 0.703. The van der Waals surface area contributed by atoms with E-state index in [9.17, 15) is 87.2 Å². The van der Waals surface area contributed by atoms with E-state index < -0.39 is 204 Å². The molecule has 108 heavy (non-hydrogen) atoms. The number of nitrogens with one attached hydrogen (secondary N) is 14. The Morgan fingerprint density at radius 1 is 0.500 bits per heavy atom. The number of aliphatic hydroxyl groups excluding tert-OH is 1. The number of aliphatic imine (C=N–C) groups is 1. The fourth-order valence-electron chi connectivity index (χ4n) is 10.0. The van der Waals surface area contributed by atoms with E-state index in [1.807, 2.05) is 0 Å². The molecular formula is C64H112N20O18S6. The minimum Gasteiger partial charge on any atom is -0.481 e. The minimum absolute atomic E-state index is 0.0138. The van der Waals surface area contributed by atoms with Gasteiger partial charge in [-0.05, 0) is 114 Å². The minimum atomic E-state index is -1.67. The van der Waals surface area contributed by atoms with E-state index in [1.165, 1.54) is 49.9 Å². The summed E-state index contributed by atoms with van der Waals surface area (Å²) in [5, 5.41) is 62.5. The van der Waals surface area contributed by atoms with Crippen molar-refractivity contribution in [1.82, 2.24) is 79.1 Å². The summed E-state index contributed by atoms with van der Waals surface area (Å²) < 4.78 is 0. The summed E-state index contributed by atoms with van der Waals surface area (Å²) in [6.07, 6.45) is 4.72. The third-order valence-corrected chi connectivity index (χ3v) is 19.2. The molecular weight excluding hydrogens is 1530 g/mol. The Kier molecular flexibility index (Phi) is 48.7. The average Bonchev–Trinajstić information content (AvgIpc) is 0.912. The lowest BCUT2D eigenvalue weighted by Crippen LogP contribution is -2.62. The molecule has 0 aliphatic heterocycles. The van der Waals surface area contributed by atoms with Crippen LogP contribution >= 0.6 is 74.0 Å². The number of rotatable bonds is 55. The molecule has 0 aliphatic carbocycles. The average molecular weight is 1640 g/mol. The van der Waals surface area contributed by atoms with Gasteiger partial charge in [-0.25, -0.2) is 9.78 Å². The van der Waals surface area contributed by atoms with Gasteiger partial charge in [0.15, 0.2) is 5.96 Å². The predicted molar refractivity (Wildman–Crippen MR) is 420 cm³/mol. The molecule has 612 valence electrons. The molecule has 0 aromatic carbocycles. The molecule has 1 rings (SSSR count). The number of hydrogen-bond donors (Lipinski definition) is 25. The Hall–Kier alpha value is -7.49. The second-order valence-electron chi connectivity index (χ2n) is 25.8. The largest absolute Gasteiger partial charge is 0.481 e. The number of carboxylic acids is 2. The number of guanidine groups is 1. The van der Waals surface area contributed by atoms with E-state index >= 15 is 0 Å². The van der Waals surface area contributed by atoms with Gasteiger partial charge in [-0.2, -0.15) is 74.0 Å². The van der Waals surface area contributed by atoms with E-state index in [0.717, 1.165) is 0 Å². The Morgan fingerprint density at radius 3 is 1.27 bits per heavy atom. The highest BCUT2D eigenvalue weighted by atomic mass is 32.2. The van der Waals surface area contributed by atoms with E-state index in [-0.39, 0.29) is 93.6 Å². The van der Waals surface area contributed by atoms with Gasteiger partial charge in [-0.15, -0.1) is 0 Å². The summed E-state index contributed by atoms with van der Waals surface area (Å²) in [7, 11) is 0. The molecule has 0 saturated heterocycles. The highest BCUT2D eigenvalue weighted by Gasteiger charge is 2.38. The van der Waals surface area contributed by atoms with Gasteiger partial charge in [0.25, 0.3) is 0 Å². The lowest BCUT2D eigenvalue weighted by Gasteiger charge is -2.28. The van der Waals surface area contributed by atoms with Gasteiger partial charge in [-0.3, -0.25) is 72.1 Å². The summed E-state index contributed by atoms with van der Waals surface area (Å²) in [6.45, 7) is 9.55. The SMILES string of the molecule is CC[C@H](C)[C@H](NC(=O)[C@H](CCCN=C(N)N)NC(=O)[C@H](C)NC(=O)[C@H](CCC(=O)O)NC(=O)[C@H](CS)NC(=O)[C@H](CCCCN)NC(=O)[C@H](CS)NC(=O)[C@H](CS)NC(=O)[C@H](CCSC)NC(=O)[C@H](CS)NC(=O)[C@H](CC(C)C)NC(=O)[C@H](CCSC)NC(=O)[C@@H](NC(=O)[C@@H](N)Cc1cnc[nH]1)[C@@H](C)O)C(=O)O. The molecule has 0 bridgehead atoms. The molecule has 25 N–H and O–H groups in total. The number of aromatic amines is 1. The van der Waals surface area contributed by atoms with E-state index in [4.69, 9.17) is 22.9 Å². The summed E-state index contributed by atoms with van der Waals surface area (Å²) in [4.78, 5) is 214. The number of nitrogens with zero attached hydrogens (tertiary/aromatic N) is 2. The van der Waals surface area contributed by atoms with Crippen LogP contribution in [0.3, 0.4) is 0 Å². The number of unbranched alkanes of at least 4 members (excludes halogenated alkanes) is 1. The van der Waals surface area contributed by atoms with Crippen molar-refractivity contribution in [3.05, 3.63) is 18.2 Å². The van der Waals surface area contributed by atoms with Crippen LogP contribution in [-0.2, 0) is 78.3 Å². The van der Waals surface area contributed by atoms with E-state index in [2.05, 4.69) is 135 Å². The third kappa shape index (κ3) is 37.3. The van der Waals surface area contributed by atoms with Crippen molar-refractivity contribution in [1.29, 1.82) is 0 Å². The molecule has 0 saturated carbocycles. The van der Waals surface area contributed by atoms with Crippen LogP contribution in [0.4, 0.5) is 0 Å². The second kappa shape index (κ2) is 53.4. The number of thiol groups is 4. The maximum atomic E-state index is 14.1. The summed E-state index contributed by atoms with van der Waals surface area (Å²) in [5.41, 5.74) is 23.2. The Labute approximate surface area is 658 Å². The van der Waals surface area contributed by atoms with Crippen molar-refractivity contribution in [2.45, 2.75) is 209 Å². The Balaban J connectivity index is 3.34. The Morgan fingerprint density at radius 2 is 0.880 bits per heavy atom. The quantitative estimate of drug-likeness (QED) is 0.0125. The van der Waals surface area contributed by atoms with Crippen LogP contribution < -0.4 is 92.1 Å². The van der Waals surface area contributed by atoms with Gasteiger partial charge < -0.3 is 112 Å². The van der Waals surface area contributed by atoms with Crippen molar-refractivity contribution in [2.75, 3.05) is 60.1 Å². The van der Waals surface area contributed by atoms with Crippen LogP contribution in [0.1, 0.15) is 118 Å². The first-order valence-electron chi connectivity index (χ1n) is 34.9. The third-order valence-electron chi connectivity index (χ3n) is 16.5. The highest BCUT2D eigenvalue weighted by molar-refractivity contribution is 7.98. The Bertz CT molecular complexity index is 3130. The van der Waals surface area contributed by atoms with Gasteiger partial charge in [-0.1, -0.05) is 34.1 Å². The molecule has 0 aliphatic rings. The molecule has 1 aromatic heterocycles.